The Hall–Kier alpha value is -2.19. The number of rotatable bonds is 2. The second-order valence-corrected chi connectivity index (χ2v) is 8.70. The molecule has 2 aliphatic heterocycles. The zero-order valence-electron chi connectivity index (χ0n) is 15.0. The van der Waals surface area contributed by atoms with E-state index in [9.17, 15) is 23.3 Å². The average molecular weight is 427 g/mol. The summed E-state index contributed by atoms with van der Waals surface area (Å²) >= 11 is 5.90. The average Bonchev–Trinajstić information content (AvgIpc) is 2.73. The summed E-state index contributed by atoms with van der Waals surface area (Å²) in [5.74, 6) is -1.24. The Morgan fingerprint density at radius 2 is 1.57 bits per heavy atom. The van der Waals surface area contributed by atoms with Crippen LogP contribution in [-0.4, -0.2) is 86.8 Å². The molecule has 3 rings (SSSR count). The van der Waals surface area contributed by atoms with Crippen molar-refractivity contribution in [3.8, 4) is 6.07 Å². The predicted molar refractivity (Wildman–Crippen MR) is 98.9 cm³/mol. The van der Waals surface area contributed by atoms with Gasteiger partial charge in [0, 0.05) is 44.3 Å². The van der Waals surface area contributed by atoms with Crippen molar-refractivity contribution in [3.05, 3.63) is 28.8 Å². The highest BCUT2D eigenvalue weighted by molar-refractivity contribution is 7.89. The molecule has 0 bridgehead atoms. The van der Waals surface area contributed by atoms with Gasteiger partial charge in [-0.05, 0) is 18.2 Å². The van der Waals surface area contributed by atoms with Gasteiger partial charge in [-0.2, -0.15) is 9.57 Å². The summed E-state index contributed by atoms with van der Waals surface area (Å²) in [6.45, 7) is 1.77. The Morgan fingerprint density at radius 3 is 2.14 bits per heavy atom. The van der Waals surface area contributed by atoms with Crippen molar-refractivity contribution in [1.82, 2.24) is 14.1 Å². The standard InChI is InChI=1S/C17H19ClN4O5S/c18-14-2-1-13(12-19)15(11-14)28(25,26)22-5-3-20(4-6-22)16(23)17(24)21-7-9-27-10-8-21/h1-2,11H,3-10H2. The van der Waals surface area contributed by atoms with Crippen LogP contribution in [0.3, 0.4) is 0 Å². The van der Waals surface area contributed by atoms with Crippen LogP contribution in [0.2, 0.25) is 5.02 Å². The van der Waals surface area contributed by atoms with Gasteiger partial charge >= 0.3 is 11.8 Å². The zero-order valence-corrected chi connectivity index (χ0v) is 16.6. The normalized spacial score (nSPS) is 18.6. The topological polar surface area (TPSA) is 111 Å². The molecule has 1 aromatic carbocycles. The first-order valence-electron chi connectivity index (χ1n) is 8.70. The van der Waals surface area contributed by atoms with E-state index in [0.29, 0.717) is 26.3 Å². The SMILES string of the molecule is N#Cc1ccc(Cl)cc1S(=O)(=O)N1CCN(C(=O)C(=O)N2CCOCC2)CC1. The Bertz CT molecular complexity index is 916. The molecule has 2 amide bonds. The molecule has 28 heavy (non-hydrogen) atoms. The first kappa shape index (κ1) is 20.5. The number of benzene rings is 1. The van der Waals surface area contributed by atoms with Crippen molar-refractivity contribution in [2.45, 2.75) is 4.90 Å². The number of amides is 2. The van der Waals surface area contributed by atoms with Crippen LogP contribution in [0.25, 0.3) is 0 Å². The third kappa shape index (κ3) is 4.12. The van der Waals surface area contributed by atoms with Crippen LogP contribution >= 0.6 is 11.6 Å². The molecule has 1 aromatic rings. The number of piperazine rings is 1. The lowest BCUT2D eigenvalue weighted by molar-refractivity contribution is -0.154. The predicted octanol–water partition coefficient (Wildman–Crippen LogP) is -0.0966. The first-order chi connectivity index (χ1) is 13.3. The molecule has 150 valence electrons. The summed E-state index contributed by atoms with van der Waals surface area (Å²) in [7, 11) is -3.94. The van der Waals surface area contributed by atoms with Gasteiger partial charge in [-0.25, -0.2) is 8.42 Å². The fraction of sp³-hybridized carbons (Fsp3) is 0.471. The number of sulfonamides is 1. The minimum Gasteiger partial charge on any atom is -0.378 e. The van der Waals surface area contributed by atoms with Gasteiger partial charge in [0.15, 0.2) is 0 Å². The number of halogens is 1. The fourth-order valence-corrected chi connectivity index (χ4v) is 4.94. The van der Waals surface area contributed by atoms with Crippen LogP contribution in [0.5, 0.6) is 0 Å². The lowest BCUT2D eigenvalue weighted by atomic mass is 10.2. The molecule has 2 fully saturated rings. The van der Waals surface area contributed by atoms with E-state index >= 15 is 0 Å². The van der Waals surface area contributed by atoms with Crippen LogP contribution in [0.1, 0.15) is 5.56 Å². The number of morpholine rings is 1. The lowest BCUT2D eigenvalue weighted by Crippen LogP contribution is -2.55. The van der Waals surface area contributed by atoms with Crippen LogP contribution in [0.15, 0.2) is 23.1 Å². The van der Waals surface area contributed by atoms with Crippen LogP contribution < -0.4 is 0 Å². The number of nitrogens with zero attached hydrogens (tertiary/aromatic N) is 4. The van der Waals surface area contributed by atoms with Crippen LogP contribution in [0, 0.1) is 11.3 Å². The molecule has 0 atom stereocenters. The molecule has 0 spiro atoms. The molecule has 0 saturated carbocycles. The van der Waals surface area contributed by atoms with Crippen molar-refractivity contribution >= 4 is 33.4 Å². The summed E-state index contributed by atoms with van der Waals surface area (Å²) in [6, 6.07) is 5.91. The maximum atomic E-state index is 12.9. The quantitative estimate of drug-likeness (QED) is 0.611. The van der Waals surface area contributed by atoms with E-state index < -0.39 is 21.8 Å². The number of hydrogen-bond acceptors (Lipinski definition) is 6. The third-order valence-corrected chi connectivity index (χ3v) is 6.86. The summed E-state index contributed by atoms with van der Waals surface area (Å²) < 4.78 is 32.2. The van der Waals surface area contributed by atoms with E-state index in [1.54, 1.807) is 0 Å². The summed E-state index contributed by atoms with van der Waals surface area (Å²) in [6.07, 6.45) is 0. The molecule has 0 aliphatic carbocycles. The van der Waals surface area contributed by atoms with Crippen LogP contribution in [0.4, 0.5) is 0 Å². The van der Waals surface area contributed by atoms with Crippen molar-refractivity contribution in [1.29, 1.82) is 5.26 Å². The molecule has 11 heteroatoms. The number of carbonyl (C=O) groups excluding carboxylic acids is 2. The van der Waals surface area contributed by atoms with Gasteiger partial charge in [0.05, 0.1) is 18.8 Å². The van der Waals surface area contributed by atoms with Crippen molar-refractivity contribution in [2.24, 2.45) is 0 Å². The minimum absolute atomic E-state index is 0.00500. The van der Waals surface area contributed by atoms with Gasteiger partial charge in [-0.15, -0.1) is 0 Å². The highest BCUT2D eigenvalue weighted by Gasteiger charge is 2.35. The number of ether oxygens (including phenoxy) is 1. The van der Waals surface area contributed by atoms with Crippen molar-refractivity contribution in [3.63, 3.8) is 0 Å². The smallest absolute Gasteiger partial charge is 0.312 e. The van der Waals surface area contributed by atoms with E-state index in [1.807, 2.05) is 6.07 Å². The number of carbonyl (C=O) groups is 2. The molecule has 0 N–H and O–H groups in total. The highest BCUT2D eigenvalue weighted by Crippen LogP contribution is 2.24. The van der Waals surface area contributed by atoms with Crippen molar-refractivity contribution in [2.75, 3.05) is 52.5 Å². The molecule has 2 heterocycles. The molecule has 2 saturated heterocycles. The van der Waals surface area contributed by atoms with E-state index in [0.717, 1.165) is 0 Å². The Kier molecular flexibility index (Phi) is 6.20. The van der Waals surface area contributed by atoms with Gasteiger partial charge in [-0.3, -0.25) is 9.59 Å². The maximum Gasteiger partial charge on any atom is 0.312 e. The van der Waals surface area contributed by atoms with E-state index in [4.69, 9.17) is 16.3 Å². The van der Waals surface area contributed by atoms with E-state index in [2.05, 4.69) is 0 Å². The molecular weight excluding hydrogens is 408 g/mol. The van der Waals surface area contributed by atoms with Gasteiger partial charge in [0.2, 0.25) is 10.0 Å². The number of nitriles is 1. The Morgan fingerprint density at radius 1 is 1.00 bits per heavy atom. The second-order valence-electron chi connectivity index (χ2n) is 6.35. The first-order valence-corrected chi connectivity index (χ1v) is 10.5. The molecule has 0 unspecified atom stereocenters. The van der Waals surface area contributed by atoms with E-state index in [-0.39, 0.29) is 41.7 Å². The fourth-order valence-electron chi connectivity index (χ4n) is 3.11. The monoisotopic (exact) mass is 426 g/mol. The summed E-state index contributed by atoms with van der Waals surface area (Å²) in [5, 5.41) is 9.40. The van der Waals surface area contributed by atoms with E-state index in [1.165, 1.54) is 32.3 Å². The largest absolute Gasteiger partial charge is 0.378 e. The van der Waals surface area contributed by atoms with Crippen LogP contribution in [-0.2, 0) is 24.3 Å². The molecular formula is C17H19ClN4O5S. The summed E-state index contributed by atoms with van der Waals surface area (Å²) in [4.78, 5) is 27.4. The van der Waals surface area contributed by atoms with Gasteiger partial charge in [0.25, 0.3) is 0 Å². The highest BCUT2D eigenvalue weighted by atomic mass is 35.5. The maximum absolute atomic E-state index is 12.9. The minimum atomic E-state index is -3.94. The Labute approximate surface area is 168 Å². The molecule has 9 nitrogen and oxygen atoms in total. The summed E-state index contributed by atoms with van der Waals surface area (Å²) in [5.41, 5.74) is 0.00500. The van der Waals surface area contributed by atoms with Gasteiger partial charge < -0.3 is 14.5 Å². The van der Waals surface area contributed by atoms with Gasteiger partial charge in [-0.1, -0.05) is 11.6 Å². The van der Waals surface area contributed by atoms with Gasteiger partial charge in [0.1, 0.15) is 11.0 Å². The third-order valence-electron chi connectivity index (χ3n) is 4.69. The molecule has 0 aromatic heterocycles. The zero-order chi connectivity index (χ0) is 20.3. The Balaban J connectivity index is 1.68. The second kappa shape index (κ2) is 8.45. The lowest BCUT2D eigenvalue weighted by Gasteiger charge is -2.35. The van der Waals surface area contributed by atoms with Crippen molar-refractivity contribution < 1.29 is 22.7 Å². The molecule has 0 radical (unpaired) electrons. The number of hydrogen-bond donors (Lipinski definition) is 0. The molecule has 2 aliphatic rings.